The summed E-state index contributed by atoms with van der Waals surface area (Å²) in [5.41, 5.74) is -0.475. The van der Waals surface area contributed by atoms with Gasteiger partial charge in [-0.2, -0.15) is 8.42 Å². The average Bonchev–Trinajstić information content (AvgIpc) is 2.02. The van der Waals surface area contributed by atoms with Gasteiger partial charge in [0.1, 0.15) is 5.25 Å². The number of hydrogen-bond acceptors (Lipinski definition) is 2. The minimum absolute atomic E-state index is 0.475. The maximum absolute atomic E-state index is 11.1. The first kappa shape index (κ1) is 11.5. The molecule has 1 aliphatic carbocycles. The lowest BCUT2D eigenvalue weighted by Crippen LogP contribution is -2.36. The fourth-order valence-corrected chi connectivity index (χ4v) is 3.13. The minimum Gasteiger partial charge on any atom is -0.285 e. The fraction of sp³-hybridized carbons (Fsp3) is 0.600. The first-order valence-corrected chi connectivity index (χ1v) is 6.23. The Balaban J connectivity index is 3.04. The monoisotopic (exact) mass is 216 g/mol. The molecular formula is C10H16O3S. The number of allylic oxidation sites excluding steroid dienone is 3. The highest BCUT2D eigenvalue weighted by Crippen LogP contribution is 2.36. The van der Waals surface area contributed by atoms with Crippen molar-refractivity contribution in [1.29, 1.82) is 0 Å². The molecule has 0 saturated carbocycles. The molecule has 0 aromatic carbocycles. The van der Waals surface area contributed by atoms with Crippen LogP contribution in [0.1, 0.15) is 26.7 Å². The molecule has 0 heterocycles. The van der Waals surface area contributed by atoms with Gasteiger partial charge in [0.15, 0.2) is 0 Å². The smallest absolute Gasteiger partial charge is 0.272 e. The van der Waals surface area contributed by atoms with E-state index in [1.807, 2.05) is 26.0 Å². The van der Waals surface area contributed by atoms with Crippen LogP contribution < -0.4 is 0 Å². The highest BCUT2D eigenvalue weighted by molar-refractivity contribution is 7.86. The maximum Gasteiger partial charge on any atom is 0.272 e. The van der Waals surface area contributed by atoms with Gasteiger partial charge in [-0.25, -0.2) is 0 Å². The summed E-state index contributed by atoms with van der Waals surface area (Å²) in [4.78, 5) is 0. The predicted octanol–water partition coefficient (Wildman–Crippen LogP) is 2.18. The Hall–Kier alpha value is -0.610. The number of hydrogen-bond donors (Lipinski definition) is 1. The van der Waals surface area contributed by atoms with Gasteiger partial charge in [0.25, 0.3) is 10.1 Å². The summed E-state index contributed by atoms with van der Waals surface area (Å²) in [5, 5.41) is -0.806. The van der Waals surface area contributed by atoms with E-state index in [-0.39, 0.29) is 0 Å². The van der Waals surface area contributed by atoms with Gasteiger partial charge in [-0.1, -0.05) is 44.6 Å². The summed E-state index contributed by atoms with van der Waals surface area (Å²) in [6.45, 7) is 3.85. The zero-order valence-corrected chi connectivity index (χ0v) is 9.29. The van der Waals surface area contributed by atoms with E-state index in [0.717, 1.165) is 12.8 Å². The molecule has 1 aliphatic rings. The van der Waals surface area contributed by atoms with Crippen LogP contribution >= 0.6 is 0 Å². The zero-order valence-electron chi connectivity index (χ0n) is 8.47. The second-order valence-corrected chi connectivity index (χ2v) is 5.47. The molecule has 0 spiro atoms. The standard InChI is InChI=1S/C10H16O3S/c1-3-7-10(2)8-5-4-6-9(10)14(11,12)13/h4-6,8-9H,3,7H2,1-2H3,(H,11,12,13). The summed E-state index contributed by atoms with van der Waals surface area (Å²) >= 11 is 0. The maximum atomic E-state index is 11.1. The Labute approximate surface area is 85.3 Å². The molecule has 2 atom stereocenters. The molecule has 4 heteroatoms. The van der Waals surface area contributed by atoms with Crippen molar-refractivity contribution in [3.05, 3.63) is 24.3 Å². The summed E-state index contributed by atoms with van der Waals surface area (Å²) in [5.74, 6) is 0. The van der Waals surface area contributed by atoms with Crippen molar-refractivity contribution in [3.8, 4) is 0 Å². The van der Waals surface area contributed by atoms with Gasteiger partial charge in [-0.3, -0.25) is 4.55 Å². The average molecular weight is 216 g/mol. The van der Waals surface area contributed by atoms with Gasteiger partial charge < -0.3 is 0 Å². The van der Waals surface area contributed by atoms with Crippen molar-refractivity contribution >= 4 is 10.1 Å². The highest BCUT2D eigenvalue weighted by Gasteiger charge is 2.38. The zero-order chi connectivity index (χ0) is 10.8. The fourth-order valence-electron chi connectivity index (χ4n) is 1.96. The molecule has 1 N–H and O–H groups in total. The molecule has 0 amide bonds. The molecule has 0 aromatic rings. The highest BCUT2D eigenvalue weighted by atomic mass is 32.2. The Morgan fingerprint density at radius 1 is 1.43 bits per heavy atom. The first-order valence-electron chi connectivity index (χ1n) is 4.72. The molecule has 2 unspecified atom stereocenters. The van der Waals surface area contributed by atoms with Crippen molar-refractivity contribution in [3.63, 3.8) is 0 Å². The van der Waals surface area contributed by atoms with Crippen LogP contribution in [0.2, 0.25) is 0 Å². The molecule has 0 bridgehead atoms. The van der Waals surface area contributed by atoms with Gasteiger partial charge in [-0.15, -0.1) is 0 Å². The lowest BCUT2D eigenvalue weighted by molar-refractivity contribution is 0.362. The van der Waals surface area contributed by atoms with Crippen LogP contribution in [0.4, 0.5) is 0 Å². The van der Waals surface area contributed by atoms with E-state index in [1.165, 1.54) is 0 Å². The van der Waals surface area contributed by atoms with Crippen molar-refractivity contribution in [2.75, 3.05) is 0 Å². The Kier molecular flexibility index (Phi) is 3.17. The molecule has 0 radical (unpaired) electrons. The molecule has 0 fully saturated rings. The van der Waals surface area contributed by atoms with Crippen LogP contribution in [0.25, 0.3) is 0 Å². The summed E-state index contributed by atoms with van der Waals surface area (Å²) in [7, 11) is -3.99. The molecule has 0 aliphatic heterocycles. The van der Waals surface area contributed by atoms with E-state index in [2.05, 4.69) is 0 Å². The van der Waals surface area contributed by atoms with Gasteiger partial charge >= 0.3 is 0 Å². The molecule has 80 valence electrons. The lowest BCUT2D eigenvalue weighted by Gasteiger charge is -2.32. The number of rotatable bonds is 3. The van der Waals surface area contributed by atoms with Crippen LogP contribution in [0.3, 0.4) is 0 Å². The van der Waals surface area contributed by atoms with Gasteiger partial charge in [-0.05, 0) is 6.42 Å². The largest absolute Gasteiger partial charge is 0.285 e. The topological polar surface area (TPSA) is 54.4 Å². The third kappa shape index (κ3) is 2.25. The van der Waals surface area contributed by atoms with E-state index in [9.17, 15) is 8.42 Å². The van der Waals surface area contributed by atoms with Crippen LogP contribution in [0.5, 0.6) is 0 Å². The quantitative estimate of drug-likeness (QED) is 0.736. The molecule has 0 saturated heterocycles. The van der Waals surface area contributed by atoms with E-state index in [4.69, 9.17) is 4.55 Å². The molecular weight excluding hydrogens is 200 g/mol. The van der Waals surface area contributed by atoms with Gasteiger partial charge in [0.2, 0.25) is 0 Å². The second-order valence-electron chi connectivity index (χ2n) is 3.94. The Morgan fingerprint density at radius 2 is 2.07 bits per heavy atom. The van der Waals surface area contributed by atoms with Crippen LogP contribution in [0.15, 0.2) is 24.3 Å². The molecule has 1 rings (SSSR count). The lowest BCUT2D eigenvalue weighted by atomic mass is 9.79. The van der Waals surface area contributed by atoms with Crippen molar-refractivity contribution in [1.82, 2.24) is 0 Å². The predicted molar refractivity (Wildman–Crippen MR) is 56.6 cm³/mol. The van der Waals surface area contributed by atoms with E-state index < -0.39 is 20.8 Å². The second kappa shape index (κ2) is 3.87. The Morgan fingerprint density at radius 3 is 2.57 bits per heavy atom. The van der Waals surface area contributed by atoms with Gasteiger partial charge in [0.05, 0.1) is 0 Å². The molecule has 3 nitrogen and oxygen atoms in total. The normalized spacial score (nSPS) is 32.1. The van der Waals surface area contributed by atoms with Crippen molar-refractivity contribution in [2.24, 2.45) is 5.41 Å². The van der Waals surface area contributed by atoms with E-state index in [0.29, 0.717) is 0 Å². The van der Waals surface area contributed by atoms with E-state index >= 15 is 0 Å². The molecule has 14 heavy (non-hydrogen) atoms. The Bertz CT molecular complexity index is 354. The summed E-state index contributed by atoms with van der Waals surface area (Å²) < 4.78 is 31.4. The van der Waals surface area contributed by atoms with Crippen molar-refractivity contribution in [2.45, 2.75) is 31.9 Å². The first-order chi connectivity index (χ1) is 6.40. The van der Waals surface area contributed by atoms with Crippen molar-refractivity contribution < 1.29 is 13.0 Å². The SMILES string of the molecule is CCCC1(C)C=CC=CC1S(=O)(=O)O. The van der Waals surface area contributed by atoms with Crippen LogP contribution in [-0.4, -0.2) is 18.2 Å². The molecule has 0 aromatic heterocycles. The summed E-state index contributed by atoms with van der Waals surface area (Å²) in [6, 6.07) is 0. The third-order valence-corrected chi connectivity index (χ3v) is 3.97. The van der Waals surface area contributed by atoms with Crippen LogP contribution in [0, 0.1) is 5.41 Å². The summed E-state index contributed by atoms with van der Waals surface area (Å²) in [6.07, 6.45) is 8.53. The minimum atomic E-state index is -3.99. The van der Waals surface area contributed by atoms with Gasteiger partial charge in [0, 0.05) is 5.41 Å². The van der Waals surface area contributed by atoms with Crippen LogP contribution in [-0.2, 0) is 10.1 Å². The third-order valence-electron chi connectivity index (χ3n) is 2.63. The van der Waals surface area contributed by atoms with E-state index in [1.54, 1.807) is 12.2 Å².